The first-order valence-electron chi connectivity index (χ1n) is 12.1. The number of aromatic nitrogens is 2. The largest absolute Gasteiger partial charge is 0.339 e. The molecule has 8 heteroatoms. The zero-order chi connectivity index (χ0) is 25.8. The number of amides is 1. The molecule has 0 spiro atoms. The Morgan fingerprint density at radius 1 is 1.08 bits per heavy atom. The third-order valence-electron chi connectivity index (χ3n) is 6.23. The summed E-state index contributed by atoms with van der Waals surface area (Å²) >= 11 is 5.43. The lowest BCUT2D eigenvalue weighted by molar-refractivity contribution is 0.102. The molecule has 0 bridgehead atoms. The zero-order valence-electron chi connectivity index (χ0n) is 20.7. The van der Waals surface area contributed by atoms with Crippen molar-refractivity contribution in [1.29, 1.82) is 0 Å². The van der Waals surface area contributed by atoms with Gasteiger partial charge in [-0.2, -0.15) is 4.98 Å². The molecule has 1 aromatic heterocycles. The fourth-order valence-corrected chi connectivity index (χ4v) is 5.72. The van der Waals surface area contributed by atoms with Crippen LogP contribution in [-0.2, 0) is 0 Å². The average molecular weight is 576 g/mol. The van der Waals surface area contributed by atoms with Gasteiger partial charge in [0, 0.05) is 39.8 Å². The first-order chi connectivity index (χ1) is 18.0. The highest BCUT2D eigenvalue weighted by molar-refractivity contribution is 9.10. The number of benzene rings is 3. The van der Waals surface area contributed by atoms with Crippen LogP contribution in [-0.4, -0.2) is 34.9 Å². The highest BCUT2D eigenvalue weighted by Crippen LogP contribution is 2.31. The van der Waals surface area contributed by atoms with Gasteiger partial charge in [-0.15, -0.1) is 11.8 Å². The van der Waals surface area contributed by atoms with E-state index in [0.717, 1.165) is 57.7 Å². The molecule has 0 atom stereocenters. The molecular formula is C29H27BrN4O2S. The molecule has 3 aromatic carbocycles. The average Bonchev–Trinajstić information content (AvgIpc) is 3.35. The lowest BCUT2D eigenvalue weighted by Gasteiger charge is -2.14. The van der Waals surface area contributed by atoms with Gasteiger partial charge in [0.2, 0.25) is 11.7 Å². The van der Waals surface area contributed by atoms with Gasteiger partial charge < -0.3 is 15.2 Å². The molecule has 6 nitrogen and oxygen atoms in total. The maximum absolute atomic E-state index is 13.0. The first-order valence-corrected chi connectivity index (χ1v) is 13.9. The van der Waals surface area contributed by atoms with E-state index < -0.39 is 0 Å². The fraction of sp³-hybridized carbons (Fsp3) is 0.207. The summed E-state index contributed by atoms with van der Waals surface area (Å²) in [6, 6.07) is 19.9. The van der Waals surface area contributed by atoms with Gasteiger partial charge in [-0.25, -0.2) is 0 Å². The number of nitrogens with one attached hydrogen (secondary N) is 2. The molecule has 2 N–H and O–H groups in total. The molecule has 4 aromatic rings. The molecule has 0 fully saturated rings. The molecule has 2 heterocycles. The standard InChI is InChI=1S/C29H27BrN4O2S/c1-18-15-22(28-32-19(2)36-34-28)4-9-25(18)21-3-10-26(27(30)16-21)29(35)33-23-5-7-24(8-6-23)37-17-20-11-13-31-14-12-20/h3-11,15-16,31H,12-14,17H2,1-2H3,(H,33,35). The Hall–Kier alpha value is -3.20. The molecule has 0 unspecified atom stereocenters. The number of carbonyl (C=O) groups excluding carboxylic acids is 1. The number of nitrogens with zero attached hydrogens (tertiary/aromatic N) is 2. The Balaban J connectivity index is 1.24. The van der Waals surface area contributed by atoms with E-state index >= 15 is 0 Å². The predicted octanol–water partition coefficient (Wildman–Crippen LogP) is 7.05. The molecule has 188 valence electrons. The summed E-state index contributed by atoms with van der Waals surface area (Å²) in [4.78, 5) is 18.5. The number of hydrogen-bond acceptors (Lipinski definition) is 6. The van der Waals surface area contributed by atoms with Gasteiger partial charge >= 0.3 is 0 Å². The number of rotatable bonds is 7. The van der Waals surface area contributed by atoms with Gasteiger partial charge in [-0.3, -0.25) is 4.79 Å². The van der Waals surface area contributed by atoms with Crippen LogP contribution in [0.15, 0.2) is 86.2 Å². The monoisotopic (exact) mass is 574 g/mol. The van der Waals surface area contributed by atoms with Gasteiger partial charge in [-0.1, -0.05) is 35.0 Å². The number of hydrogen-bond donors (Lipinski definition) is 2. The van der Waals surface area contributed by atoms with E-state index in [0.29, 0.717) is 17.3 Å². The minimum Gasteiger partial charge on any atom is -0.339 e. The Morgan fingerprint density at radius 3 is 2.57 bits per heavy atom. The quantitative estimate of drug-likeness (QED) is 0.182. The number of halogens is 1. The summed E-state index contributed by atoms with van der Waals surface area (Å²) in [7, 11) is 0. The summed E-state index contributed by atoms with van der Waals surface area (Å²) in [6.07, 6.45) is 3.39. The molecule has 1 aliphatic rings. The molecule has 0 aliphatic carbocycles. The molecular weight excluding hydrogens is 548 g/mol. The van der Waals surface area contributed by atoms with Crippen molar-refractivity contribution in [1.82, 2.24) is 15.5 Å². The van der Waals surface area contributed by atoms with Crippen molar-refractivity contribution in [2.45, 2.75) is 25.2 Å². The normalized spacial score (nSPS) is 13.3. The van der Waals surface area contributed by atoms with E-state index in [1.807, 2.05) is 67.2 Å². The Labute approximate surface area is 229 Å². The van der Waals surface area contributed by atoms with Crippen LogP contribution in [0.25, 0.3) is 22.5 Å². The summed E-state index contributed by atoms with van der Waals surface area (Å²) in [5.41, 5.74) is 6.92. The van der Waals surface area contributed by atoms with Crippen LogP contribution in [0.2, 0.25) is 0 Å². The fourth-order valence-electron chi connectivity index (χ4n) is 4.22. The van der Waals surface area contributed by atoms with E-state index in [4.69, 9.17) is 4.52 Å². The van der Waals surface area contributed by atoms with Crippen LogP contribution in [0, 0.1) is 13.8 Å². The third kappa shape index (κ3) is 6.21. The van der Waals surface area contributed by atoms with Crippen molar-refractivity contribution in [2.24, 2.45) is 0 Å². The van der Waals surface area contributed by atoms with Crippen molar-refractivity contribution in [3.8, 4) is 22.5 Å². The van der Waals surface area contributed by atoms with E-state index in [1.54, 1.807) is 6.92 Å². The van der Waals surface area contributed by atoms with Crippen LogP contribution in [0.5, 0.6) is 0 Å². The number of anilines is 1. The van der Waals surface area contributed by atoms with Crippen molar-refractivity contribution in [3.63, 3.8) is 0 Å². The van der Waals surface area contributed by atoms with Crippen LogP contribution in [0.1, 0.15) is 28.2 Å². The second kappa shape index (κ2) is 11.5. The summed E-state index contributed by atoms with van der Waals surface area (Å²) in [5.74, 6) is 1.96. The Bertz CT molecular complexity index is 1460. The first kappa shape index (κ1) is 25.4. The topological polar surface area (TPSA) is 80.0 Å². The van der Waals surface area contributed by atoms with Gasteiger partial charge in [0.05, 0.1) is 5.56 Å². The highest BCUT2D eigenvalue weighted by Gasteiger charge is 2.14. The number of carbonyl (C=O) groups is 1. The van der Waals surface area contributed by atoms with Crippen molar-refractivity contribution in [2.75, 3.05) is 24.2 Å². The van der Waals surface area contributed by atoms with Crippen molar-refractivity contribution >= 4 is 39.3 Å². The molecule has 5 rings (SSSR count). The SMILES string of the molecule is Cc1nc(-c2ccc(-c3ccc(C(=O)Nc4ccc(SCC5=CCNCC5)cc4)c(Br)c3)c(C)c2)no1. The van der Waals surface area contributed by atoms with Crippen LogP contribution >= 0.6 is 27.7 Å². The summed E-state index contributed by atoms with van der Waals surface area (Å²) in [6.45, 7) is 5.84. The summed E-state index contributed by atoms with van der Waals surface area (Å²) in [5, 5.41) is 10.3. The number of aryl methyl sites for hydroxylation is 2. The zero-order valence-corrected chi connectivity index (χ0v) is 23.1. The van der Waals surface area contributed by atoms with Crippen LogP contribution in [0.4, 0.5) is 5.69 Å². The molecule has 0 saturated carbocycles. The van der Waals surface area contributed by atoms with E-state index in [1.165, 1.54) is 10.5 Å². The molecule has 1 aliphatic heterocycles. The predicted molar refractivity (Wildman–Crippen MR) is 153 cm³/mol. The maximum Gasteiger partial charge on any atom is 0.256 e. The molecule has 0 saturated heterocycles. The smallest absolute Gasteiger partial charge is 0.256 e. The van der Waals surface area contributed by atoms with Gasteiger partial charge in [0.25, 0.3) is 5.91 Å². The third-order valence-corrected chi connectivity index (χ3v) is 8.01. The second-order valence-corrected chi connectivity index (χ2v) is 10.8. The Morgan fingerprint density at radius 2 is 1.89 bits per heavy atom. The molecule has 1 amide bonds. The minimum absolute atomic E-state index is 0.154. The van der Waals surface area contributed by atoms with E-state index in [2.05, 4.69) is 54.9 Å². The van der Waals surface area contributed by atoms with Crippen LogP contribution < -0.4 is 10.6 Å². The van der Waals surface area contributed by atoms with Gasteiger partial charge in [0.1, 0.15) is 0 Å². The maximum atomic E-state index is 13.0. The highest BCUT2D eigenvalue weighted by atomic mass is 79.9. The Kier molecular flexibility index (Phi) is 7.88. The van der Waals surface area contributed by atoms with Crippen LogP contribution in [0.3, 0.4) is 0 Å². The van der Waals surface area contributed by atoms with E-state index in [9.17, 15) is 4.79 Å². The van der Waals surface area contributed by atoms with Gasteiger partial charge in [0.15, 0.2) is 0 Å². The lowest BCUT2D eigenvalue weighted by atomic mass is 9.97. The summed E-state index contributed by atoms with van der Waals surface area (Å²) < 4.78 is 5.84. The van der Waals surface area contributed by atoms with E-state index in [-0.39, 0.29) is 5.91 Å². The molecule has 0 radical (unpaired) electrons. The van der Waals surface area contributed by atoms with Crippen molar-refractivity contribution in [3.05, 3.63) is 93.8 Å². The van der Waals surface area contributed by atoms with Gasteiger partial charge in [-0.05, 0) is 95.0 Å². The minimum atomic E-state index is -0.154. The lowest BCUT2D eigenvalue weighted by Crippen LogP contribution is -2.21. The second-order valence-electron chi connectivity index (χ2n) is 8.95. The van der Waals surface area contributed by atoms with Crippen molar-refractivity contribution < 1.29 is 9.32 Å². The number of thioether (sulfide) groups is 1. The molecule has 37 heavy (non-hydrogen) atoms.